The summed E-state index contributed by atoms with van der Waals surface area (Å²) in [6.07, 6.45) is 1.95. The molecule has 0 spiro atoms. The Kier molecular flexibility index (Phi) is 4.90. The van der Waals surface area contributed by atoms with Crippen molar-refractivity contribution in [2.24, 2.45) is 0 Å². The summed E-state index contributed by atoms with van der Waals surface area (Å²) in [6, 6.07) is 13.5. The second kappa shape index (κ2) is 7.09. The van der Waals surface area contributed by atoms with Crippen LogP contribution >= 0.6 is 15.9 Å². The number of halogens is 1. The zero-order valence-electron chi connectivity index (χ0n) is 13.6. The van der Waals surface area contributed by atoms with E-state index in [4.69, 9.17) is 9.15 Å². The molecule has 0 aliphatic heterocycles. The topological polar surface area (TPSA) is 42.7 Å². The number of ether oxygens (including phenoxy) is 1. The van der Waals surface area contributed by atoms with Gasteiger partial charge in [0.2, 0.25) is 5.91 Å². The van der Waals surface area contributed by atoms with Gasteiger partial charge in [-0.25, -0.2) is 0 Å². The molecule has 1 heterocycles. The van der Waals surface area contributed by atoms with Gasteiger partial charge in [-0.15, -0.1) is 0 Å². The highest BCUT2D eigenvalue weighted by atomic mass is 79.9. The minimum Gasteiger partial charge on any atom is -0.497 e. The molecule has 2 aromatic carbocycles. The molecule has 0 saturated heterocycles. The SMILES string of the molecule is COc1ccc2c(CC(=O)N(C)Cc3ccccc3Br)coc2c1. The number of likely N-dealkylation sites (N-methyl/N-ethyl adjacent to an activating group) is 1. The number of carbonyl (C=O) groups is 1. The van der Waals surface area contributed by atoms with Gasteiger partial charge in [0, 0.05) is 35.1 Å². The van der Waals surface area contributed by atoms with Crippen LogP contribution in [0.15, 0.2) is 57.6 Å². The average molecular weight is 388 g/mol. The van der Waals surface area contributed by atoms with Gasteiger partial charge in [-0.1, -0.05) is 34.1 Å². The molecule has 0 radical (unpaired) electrons. The standard InChI is InChI=1S/C19H18BrNO3/c1-21(11-13-5-3-4-6-17(13)20)19(22)9-14-12-24-18-10-15(23-2)7-8-16(14)18/h3-8,10,12H,9,11H2,1-2H3. The van der Waals surface area contributed by atoms with Gasteiger partial charge in [0.15, 0.2) is 0 Å². The summed E-state index contributed by atoms with van der Waals surface area (Å²) in [5.41, 5.74) is 2.69. The number of furan rings is 1. The van der Waals surface area contributed by atoms with Gasteiger partial charge in [-0.3, -0.25) is 4.79 Å². The van der Waals surface area contributed by atoms with Crippen molar-refractivity contribution in [3.8, 4) is 5.75 Å². The highest BCUT2D eigenvalue weighted by Gasteiger charge is 2.15. The van der Waals surface area contributed by atoms with Crippen LogP contribution in [0.25, 0.3) is 11.0 Å². The van der Waals surface area contributed by atoms with Crippen molar-refractivity contribution in [3.05, 3.63) is 64.3 Å². The van der Waals surface area contributed by atoms with Crippen molar-refractivity contribution in [1.82, 2.24) is 4.90 Å². The molecule has 1 amide bonds. The lowest BCUT2D eigenvalue weighted by Crippen LogP contribution is -2.27. The lowest BCUT2D eigenvalue weighted by molar-refractivity contribution is -0.129. The molecule has 0 atom stereocenters. The average Bonchev–Trinajstić information content (AvgIpc) is 2.98. The van der Waals surface area contributed by atoms with E-state index in [9.17, 15) is 4.79 Å². The van der Waals surface area contributed by atoms with Crippen LogP contribution in [0.5, 0.6) is 5.75 Å². The lowest BCUT2D eigenvalue weighted by Gasteiger charge is -2.18. The molecule has 1 aromatic heterocycles. The number of carbonyl (C=O) groups excluding carboxylic acids is 1. The molecule has 0 fully saturated rings. The first-order valence-corrected chi connectivity index (χ1v) is 8.39. The van der Waals surface area contributed by atoms with E-state index < -0.39 is 0 Å². The smallest absolute Gasteiger partial charge is 0.227 e. The number of fused-ring (bicyclic) bond motifs is 1. The van der Waals surface area contributed by atoms with Gasteiger partial charge >= 0.3 is 0 Å². The van der Waals surface area contributed by atoms with E-state index in [-0.39, 0.29) is 5.91 Å². The van der Waals surface area contributed by atoms with E-state index in [0.29, 0.717) is 13.0 Å². The third-order valence-corrected chi connectivity index (χ3v) is 4.77. The van der Waals surface area contributed by atoms with Crippen molar-refractivity contribution in [1.29, 1.82) is 0 Å². The predicted molar refractivity (Wildman–Crippen MR) is 97.1 cm³/mol. The highest BCUT2D eigenvalue weighted by molar-refractivity contribution is 9.10. The lowest BCUT2D eigenvalue weighted by atomic mass is 10.1. The monoisotopic (exact) mass is 387 g/mol. The number of hydrogen-bond donors (Lipinski definition) is 0. The molecule has 0 N–H and O–H groups in total. The van der Waals surface area contributed by atoms with Gasteiger partial charge in [0.1, 0.15) is 11.3 Å². The molecule has 0 aliphatic carbocycles. The fourth-order valence-electron chi connectivity index (χ4n) is 2.60. The van der Waals surface area contributed by atoms with Crippen LogP contribution in [0.4, 0.5) is 0 Å². The van der Waals surface area contributed by atoms with Gasteiger partial charge in [-0.05, 0) is 23.8 Å². The van der Waals surface area contributed by atoms with Crippen LogP contribution in [0, 0.1) is 0 Å². The van der Waals surface area contributed by atoms with Crippen LogP contribution in [0.2, 0.25) is 0 Å². The molecule has 0 bridgehead atoms. The molecule has 3 rings (SSSR count). The maximum absolute atomic E-state index is 12.5. The molecule has 124 valence electrons. The summed E-state index contributed by atoms with van der Waals surface area (Å²) in [6.45, 7) is 0.559. The fraction of sp³-hybridized carbons (Fsp3) is 0.211. The van der Waals surface area contributed by atoms with Crippen molar-refractivity contribution >= 4 is 32.8 Å². The largest absolute Gasteiger partial charge is 0.497 e. The maximum atomic E-state index is 12.5. The Labute approximate surface area is 149 Å². The van der Waals surface area contributed by atoms with E-state index in [1.54, 1.807) is 18.3 Å². The van der Waals surface area contributed by atoms with E-state index >= 15 is 0 Å². The molecule has 0 unspecified atom stereocenters. The Morgan fingerprint density at radius 3 is 2.75 bits per heavy atom. The Morgan fingerprint density at radius 1 is 1.21 bits per heavy atom. The second-order valence-electron chi connectivity index (χ2n) is 5.64. The first-order valence-electron chi connectivity index (χ1n) is 7.60. The molecule has 24 heavy (non-hydrogen) atoms. The number of amides is 1. The Bertz CT molecular complexity index is 872. The fourth-order valence-corrected chi connectivity index (χ4v) is 3.01. The number of hydrogen-bond acceptors (Lipinski definition) is 3. The van der Waals surface area contributed by atoms with E-state index in [0.717, 1.165) is 32.3 Å². The van der Waals surface area contributed by atoms with Crippen molar-refractivity contribution < 1.29 is 13.9 Å². The summed E-state index contributed by atoms with van der Waals surface area (Å²) < 4.78 is 11.7. The minimum atomic E-state index is 0.0456. The van der Waals surface area contributed by atoms with E-state index in [1.165, 1.54) is 0 Å². The van der Waals surface area contributed by atoms with Gasteiger partial charge < -0.3 is 14.1 Å². The molecule has 5 heteroatoms. The van der Waals surface area contributed by atoms with E-state index in [1.807, 2.05) is 49.5 Å². The molecular formula is C19H18BrNO3. The summed E-state index contributed by atoms with van der Waals surface area (Å²) in [5, 5.41) is 0.943. The van der Waals surface area contributed by atoms with Crippen LogP contribution in [-0.4, -0.2) is 25.0 Å². The van der Waals surface area contributed by atoms with Crippen molar-refractivity contribution in [2.45, 2.75) is 13.0 Å². The zero-order valence-corrected chi connectivity index (χ0v) is 15.2. The number of rotatable bonds is 5. The second-order valence-corrected chi connectivity index (χ2v) is 6.50. The minimum absolute atomic E-state index is 0.0456. The van der Waals surface area contributed by atoms with Crippen LogP contribution in [-0.2, 0) is 17.8 Å². The predicted octanol–water partition coefficient (Wildman–Crippen LogP) is 4.41. The van der Waals surface area contributed by atoms with Crippen molar-refractivity contribution in [2.75, 3.05) is 14.2 Å². The molecular weight excluding hydrogens is 370 g/mol. The number of benzene rings is 2. The highest BCUT2D eigenvalue weighted by Crippen LogP contribution is 2.26. The van der Waals surface area contributed by atoms with Gasteiger partial charge in [0.05, 0.1) is 19.8 Å². The summed E-state index contributed by atoms with van der Waals surface area (Å²) >= 11 is 3.52. The Morgan fingerprint density at radius 2 is 2.00 bits per heavy atom. The van der Waals surface area contributed by atoms with Crippen molar-refractivity contribution in [3.63, 3.8) is 0 Å². The van der Waals surface area contributed by atoms with Crippen LogP contribution in [0.1, 0.15) is 11.1 Å². The molecule has 0 saturated carbocycles. The molecule has 3 aromatic rings. The summed E-state index contributed by atoms with van der Waals surface area (Å²) in [5.74, 6) is 0.782. The van der Waals surface area contributed by atoms with Gasteiger partial charge in [0.25, 0.3) is 0 Å². The maximum Gasteiger partial charge on any atom is 0.227 e. The Hall–Kier alpha value is -2.27. The zero-order chi connectivity index (χ0) is 17.1. The van der Waals surface area contributed by atoms with Gasteiger partial charge in [-0.2, -0.15) is 0 Å². The van der Waals surface area contributed by atoms with E-state index in [2.05, 4.69) is 15.9 Å². The summed E-state index contributed by atoms with van der Waals surface area (Å²) in [4.78, 5) is 14.3. The normalized spacial score (nSPS) is 10.8. The Balaban J connectivity index is 1.73. The quantitative estimate of drug-likeness (QED) is 0.651. The van der Waals surface area contributed by atoms with Crippen LogP contribution < -0.4 is 4.74 Å². The first-order chi connectivity index (χ1) is 11.6. The summed E-state index contributed by atoms with van der Waals surface area (Å²) in [7, 11) is 3.43. The first kappa shape index (κ1) is 16.6. The molecule has 4 nitrogen and oxygen atoms in total. The number of nitrogens with zero attached hydrogens (tertiary/aromatic N) is 1. The van der Waals surface area contributed by atoms with Crippen LogP contribution in [0.3, 0.4) is 0 Å². The third kappa shape index (κ3) is 3.46. The molecule has 0 aliphatic rings. The third-order valence-electron chi connectivity index (χ3n) is 4.00. The number of methoxy groups -OCH3 is 1.